The number of carboxylic acids is 1. The van der Waals surface area contributed by atoms with Crippen molar-refractivity contribution in [1.29, 1.82) is 0 Å². The van der Waals surface area contributed by atoms with E-state index in [-0.39, 0.29) is 11.8 Å². The Kier molecular flexibility index (Phi) is 10.9. The normalized spacial score (nSPS) is 15.1. The van der Waals surface area contributed by atoms with Gasteiger partial charge in [0.25, 0.3) is 0 Å². The number of nitrogens with one attached hydrogen (secondary N) is 4. The van der Waals surface area contributed by atoms with E-state index in [1.165, 1.54) is 13.8 Å². The van der Waals surface area contributed by atoms with Gasteiger partial charge in [0.05, 0.1) is 6.04 Å². The van der Waals surface area contributed by atoms with E-state index in [0.29, 0.717) is 0 Å². The summed E-state index contributed by atoms with van der Waals surface area (Å²) in [5.74, 6) is -3.95. The van der Waals surface area contributed by atoms with E-state index in [2.05, 4.69) is 21.3 Å². The summed E-state index contributed by atoms with van der Waals surface area (Å²) in [5.41, 5.74) is 5.75. The molecule has 0 fully saturated rings. The van der Waals surface area contributed by atoms with Gasteiger partial charge in [-0.25, -0.2) is 0 Å². The average Bonchev–Trinajstić information content (AvgIpc) is 2.62. The summed E-state index contributed by atoms with van der Waals surface area (Å²) in [5, 5.41) is 18.2. The first-order valence-corrected chi connectivity index (χ1v) is 9.44. The number of aliphatic carboxylic acids is 1. The van der Waals surface area contributed by atoms with Crippen LogP contribution in [-0.2, 0) is 24.0 Å². The van der Waals surface area contributed by atoms with Crippen molar-refractivity contribution in [2.24, 2.45) is 17.6 Å². The van der Waals surface area contributed by atoms with Crippen molar-refractivity contribution in [2.45, 2.75) is 65.7 Å². The predicted molar refractivity (Wildman–Crippen MR) is 105 cm³/mol. The van der Waals surface area contributed by atoms with Crippen molar-refractivity contribution in [3.05, 3.63) is 0 Å². The summed E-state index contributed by atoms with van der Waals surface area (Å²) < 4.78 is 0. The summed E-state index contributed by atoms with van der Waals surface area (Å²) in [6, 6.07) is -3.64. The third kappa shape index (κ3) is 9.37. The molecule has 0 radical (unpaired) electrons. The number of amides is 4. The quantitative estimate of drug-likeness (QED) is 0.233. The molecule has 0 bridgehead atoms. The lowest BCUT2D eigenvalue weighted by Gasteiger charge is -2.26. The molecule has 0 aliphatic heterocycles. The van der Waals surface area contributed by atoms with Crippen LogP contribution in [0.1, 0.15) is 41.5 Å². The van der Waals surface area contributed by atoms with Gasteiger partial charge in [-0.3, -0.25) is 24.0 Å². The Morgan fingerprint density at radius 2 is 1.21 bits per heavy atom. The molecule has 0 rings (SSSR count). The van der Waals surface area contributed by atoms with Crippen molar-refractivity contribution in [2.75, 3.05) is 6.54 Å². The van der Waals surface area contributed by atoms with Crippen LogP contribution >= 0.6 is 0 Å². The van der Waals surface area contributed by atoms with Crippen molar-refractivity contribution in [3.63, 3.8) is 0 Å². The maximum absolute atomic E-state index is 12.5. The Balaban J connectivity index is 4.90. The molecule has 166 valence electrons. The second kappa shape index (κ2) is 12.0. The number of hydrogen-bond donors (Lipinski definition) is 6. The monoisotopic (exact) mass is 415 g/mol. The number of hydrogen-bond acceptors (Lipinski definition) is 6. The highest BCUT2D eigenvalue weighted by atomic mass is 16.4. The third-order valence-electron chi connectivity index (χ3n) is 4.19. The average molecular weight is 415 g/mol. The van der Waals surface area contributed by atoms with Crippen molar-refractivity contribution >= 4 is 29.6 Å². The van der Waals surface area contributed by atoms with Crippen LogP contribution in [0.25, 0.3) is 0 Å². The molecule has 4 atom stereocenters. The smallest absolute Gasteiger partial charge is 0.322 e. The van der Waals surface area contributed by atoms with Gasteiger partial charge in [-0.2, -0.15) is 0 Å². The first kappa shape index (κ1) is 26.3. The lowest BCUT2D eigenvalue weighted by Crippen LogP contribution is -2.58. The van der Waals surface area contributed by atoms with Gasteiger partial charge in [-0.15, -0.1) is 0 Å². The molecule has 0 aromatic heterocycles. The molecule has 11 heteroatoms. The number of carbonyl (C=O) groups is 5. The fourth-order valence-electron chi connectivity index (χ4n) is 2.18. The van der Waals surface area contributed by atoms with E-state index in [4.69, 9.17) is 10.8 Å². The molecular weight excluding hydrogens is 382 g/mol. The zero-order chi connectivity index (χ0) is 22.9. The maximum Gasteiger partial charge on any atom is 0.322 e. The van der Waals surface area contributed by atoms with Gasteiger partial charge in [-0.05, 0) is 25.7 Å². The number of rotatable bonds is 11. The molecular formula is C18H33N5O6. The van der Waals surface area contributed by atoms with Crippen LogP contribution in [0.2, 0.25) is 0 Å². The van der Waals surface area contributed by atoms with Crippen LogP contribution < -0.4 is 27.0 Å². The molecule has 0 saturated heterocycles. The molecule has 0 aliphatic rings. The Bertz CT molecular complexity index is 622. The topological polar surface area (TPSA) is 180 Å². The molecule has 0 heterocycles. The van der Waals surface area contributed by atoms with Crippen LogP contribution in [0.15, 0.2) is 0 Å². The van der Waals surface area contributed by atoms with E-state index >= 15 is 0 Å². The molecule has 0 saturated carbocycles. The zero-order valence-electron chi connectivity index (χ0n) is 17.7. The van der Waals surface area contributed by atoms with Gasteiger partial charge in [0.15, 0.2) is 0 Å². The molecule has 4 amide bonds. The van der Waals surface area contributed by atoms with Gasteiger partial charge < -0.3 is 32.1 Å². The highest BCUT2D eigenvalue weighted by Gasteiger charge is 2.29. The van der Waals surface area contributed by atoms with Crippen LogP contribution in [0.4, 0.5) is 0 Å². The minimum Gasteiger partial charge on any atom is -0.480 e. The number of carboxylic acid groups (broad SMARTS) is 1. The van der Waals surface area contributed by atoms with E-state index in [0.717, 1.165) is 0 Å². The first-order valence-electron chi connectivity index (χ1n) is 9.44. The molecule has 0 aromatic rings. The fraction of sp³-hybridized carbons (Fsp3) is 0.722. The van der Waals surface area contributed by atoms with Crippen LogP contribution in [-0.4, -0.2) is 65.4 Å². The third-order valence-corrected chi connectivity index (χ3v) is 4.19. The summed E-state index contributed by atoms with van der Waals surface area (Å²) >= 11 is 0. The summed E-state index contributed by atoms with van der Waals surface area (Å²) in [7, 11) is 0. The predicted octanol–water partition coefficient (Wildman–Crippen LogP) is -1.68. The molecule has 29 heavy (non-hydrogen) atoms. The molecule has 0 unspecified atom stereocenters. The molecule has 7 N–H and O–H groups in total. The molecule has 11 nitrogen and oxygen atoms in total. The van der Waals surface area contributed by atoms with Crippen LogP contribution in [0, 0.1) is 11.8 Å². The minimum absolute atomic E-state index is 0.104. The van der Waals surface area contributed by atoms with E-state index in [1.54, 1.807) is 27.7 Å². The fourth-order valence-corrected chi connectivity index (χ4v) is 2.18. The Morgan fingerprint density at radius 3 is 1.66 bits per heavy atom. The summed E-state index contributed by atoms with van der Waals surface area (Å²) in [4.78, 5) is 59.2. The summed E-state index contributed by atoms with van der Waals surface area (Å²) in [6.45, 7) is 9.26. The SMILES string of the molecule is CC(C)[C@H](N)C(=O)N[C@@H](C)C(=O)N[C@H](C(=O)N[C@@H](C)C(=O)NCC(=O)O)C(C)C. The van der Waals surface area contributed by atoms with Crippen molar-refractivity contribution < 1.29 is 29.1 Å². The number of nitrogens with two attached hydrogens (primary N) is 1. The number of carbonyl (C=O) groups excluding carboxylic acids is 4. The maximum atomic E-state index is 12.5. The van der Waals surface area contributed by atoms with E-state index in [9.17, 15) is 24.0 Å². The van der Waals surface area contributed by atoms with Crippen molar-refractivity contribution in [1.82, 2.24) is 21.3 Å². The highest BCUT2D eigenvalue weighted by Crippen LogP contribution is 2.04. The van der Waals surface area contributed by atoms with Gasteiger partial charge >= 0.3 is 5.97 Å². The van der Waals surface area contributed by atoms with E-state index < -0.39 is 60.3 Å². The largest absolute Gasteiger partial charge is 0.480 e. The first-order chi connectivity index (χ1) is 13.3. The standard InChI is InChI=1S/C18H33N5O6/c1-8(2)13(19)17(28)21-11(6)16(27)23-14(9(3)4)18(29)22-10(5)15(26)20-7-12(24)25/h8-11,13-14H,7,19H2,1-6H3,(H,20,26)(H,21,28)(H,22,29)(H,23,27)(H,24,25)/t10-,11-,13-,14-/m0/s1. The van der Waals surface area contributed by atoms with Gasteiger partial charge in [0.1, 0.15) is 24.7 Å². The van der Waals surface area contributed by atoms with Gasteiger partial charge in [-0.1, -0.05) is 27.7 Å². The van der Waals surface area contributed by atoms with Gasteiger partial charge in [0, 0.05) is 0 Å². The van der Waals surface area contributed by atoms with Crippen LogP contribution in [0.5, 0.6) is 0 Å². The highest BCUT2D eigenvalue weighted by molar-refractivity contribution is 5.95. The molecule has 0 aliphatic carbocycles. The van der Waals surface area contributed by atoms with Crippen LogP contribution in [0.3, 0.4) is 0 Å². The zero-order valence-corrected chi connectivity index (χ0v) is 17.7. The summed E-state index contributed by atoms with van der Waals surface area (Å²) in [6.07, 6.45) is 0. The minimum atomic E-state index is -1.21. The molecule has 0 aromatic carbocycles. The van der Waals surface area contributed by atoms with Gasteiger partial charge in [0.2, 0.25) is 23.6 Å². The Labute approximate surface area is 170 Å². The Hall–Kier alpha value is -2.69. The lowest BCUT2D eigenvalue weighted by atomic mass is 10.0. The Morgan fingerprint density at radius 1 is 0.724 bits per heavy atom. The van der Waals surface area contributed by atoms with E-state index in [1.807, 2.05) is 0 Å². The second-order valence-electron chi connectivity index (χ2n) is 7.57. The van der Waals surface area contributed by atoms with Crippen molar-refractivity contribution in [3.8, 4) is 0 Å². The lowest BCUT2D eigenvalue weighted by molar-refractivity contribution is -0.138. The second-order valence-corrected chi connectivity index (χ2v) is 7.57. The molecule has 0 spiro atoms.